The van der Waals surface area contributed by atoms with E-state index >= 15 is 0 Å². The molecule has 0 spiro atoms. The summed E-state index contributed by atoms with van der Waals surface area (Å²) >= 11 is 0. The van der Waals surface area contributed by atoms with Gasteiger partial charge in [0.25, 0.3) is 5.89 Å². The Hall–Kier alpha value is -1.79. The van der Waals surface area contributed by atoms with Gasteiger partial charge < -0.3 is 14.6 Å². The van der Waals surface area contributed by atoms with Crippen molar-refractivity contribution in [3.05, 3.63) is 47.4 Å². The van der Waals surface area contributed by atoms with Crippen LogP contribution in [0.5, 0.6) is 0 Å². The Balaban J connectivity index is 1.59. The van der Waals surface area contributed by atoms with Gasteiger partial charge in [0.2, 0.25) is 0 Å². The second kappa shape index (κ2) is 5.30. The zero-order chi connectivity index (χ0) is 14.0. The molecule has 0 bridgehead atoms. The lowest BCUT2D eigenvalue weighted by Crippen LogP contribution is -2.58. The minimum atomic E-state index is -0.264. The molecule has 106 valence electrons. The summed E-state index contributed by atoms with van der Waals surface area (Å²) in [5, 5.41) is 7.04. The highest BCUT2D eigenvalue weighted by molar-refractivity contribution is 5.19. The molecule has 0 saturated carbocycles. The van der Waals surface area contributed by atoms with E-state index < -0.39 is 0 Å². The van der Waals surface area contributed by atoms with Crippen molar-refractivity contribution in [3.8, 4) is 0 Å². The van der Waals surface area contributed by atoms with Crippen molar-refractivity contribution >= 4 is 0 Å². The number of nitrogens with zero attached hydrogens (tertiary/aromatic N) is 2. The van der Waals surface area contributed by atoms with Crippen molar-refractivity contribution in [2.45, 2.75) is 25.6 Å². The summed E-state index contributed by atoms with van der Waals surface area (Å²) < 4.78 is 23.9. The van der Waals surface area contributed by atoms with Crippen LogP contribution in [0.4, 0.5) is 4.39 Å². The quantitative estimate of drug-likeness (QED) is 0.901. The molecule has 20 heavy (non-hydrogen) atoms. The number of aromatic nitrogens is 2. The van der Waals surface area contributed by atoms with E-state index in [1.807, 2.05) is 13.0 Å². The molecule has 2 aromatic rings. The lowest BCUT2D eigenvalue weighted by molar-refractivity contribution is -0.0841. The van der Waals surface area contributed by atoms with E-state index in [0.717, 1.165) is 18.7 Å². The van der Waals surface area contributed by atoms with Crippen LogP contribution in [0.3, 0.4) is 0 Å². The minimum absolute atomic E-state index is 0.142. The lowest BCUT2D eigenvalue weighted by Gasteiger charge is -2.38. The van der Waals surface area contributed by atoms with Crippen LogP contribution < -0.4 is 5.32 Å². The summed E-state index contributed by atoms with van der Waals surface area (Å²) in [5.41, 5.74) is 0.672. The monoisotopic (exact) mass is 277 g/mol. The SMILES string of the molecule is CC1(OCc2nc(Cc3cccc(F)c3)no2)CNC1. The van der Waals surface area contributed by atoms with Crippen molar-refractivity contribution in [1.82, 2.24) is 15.5 Å². The van der Waals surface area contributed by atoms with Gasteiger partial charge in [0.1, 0.15) is 12.4 Å². The minimum Gasteiger partial charge on any atom is -0.363 e. The van der Waals surface area contributed by atoms with E-state index in [0.29, 0.717) is 24.7 Å². The summed E-state index contributed by atoms with van der Waals surface area (Å²) in [6.07, 6.45) is 0.445. The smallest absolute Gasteiger partial charge is 0.252 e. The van der Waals surface area contributed by atoms with Crippen molar-refractivity contribution in [1.29, 1.82) is 0 Å². The zero-order valence-electron chi connectivity index (χ0n) is 11.2. The Morgan fingerprint density at radius 2 is 2.30 bits per heavy atom. The van der Waals surface area contributed by atoms with Crippen LogP contribution in [0.15, 0.2) is 28.8 Å². The van der Waals surface area contributed by atoms with Crippen LogP contribution in [0.2, 0.25) is 0 Å². The van der Waals surface area contributed by atoms with Crippen molar-refractivity contribution in [2.75, 3.05) is 13.1 Å². The molecule has 1 aliphatic heterocycles. The van der Waals surface area contributed by atoms with Crippen LogP contribution in [0.25, 0.3) is 0 Å². The third-order valence-corrected chi connectivity index (χ3v) is 3.30. The maximum Gasteiger partial charge on any atom is 0.252 e. The third-order valence-electron chi connectivity index (χ3n) is 3.30. The Morgan fingerprint density at radius 3 is 3.00 bits per heavy atom. The van der Waals surface area contributed by atoms with Crippen molar-refractivity contribution in [3.63, 3.8) is 0 Å². The molecule has 1 fully saturated rings. The number of halogens is 1. The molecule has 0 aliphatic carbocycles. The topological polar surface area (TPSA) is 60.2 Å². The summed E-state index contributed by atoms with van der Waals surface area (Å²) in [5.74, 6) is 0.718. The predicted octanol–water partition coefficient (Wildman–Crippen LogP) is 1.68. The Kier molecular flexibility index (Phi) is 3.50. The highest BCUT2D eigenvalue weighted by Gasteiger charge is 2.32. The van der Waals surface area contributed by atoms with Gasteiger partial charge in [-0.2, -0.15) is 4.98 Å². The van der Waals surface area contributed by atoms with Gasteiger partial charge in [-0.25, -0.2) is 4.39 Å². The van der Waals surface area contributed by atoms with E-state index in [2.05, 4.69) is 15.5 Å². The fourth-order valence-electron chi connectivity index (χ4n) is 2.07. The van der Waals surface area contributed by atoms with E-state index in [9.17, 15) is 4.39 Å². The van der Waals surface area contributed by atoms with Gasteiger partial charge in [0.05, 0.1) is 5.60 Å². The molecular formula is C14H16FN3O2. The highest BCUT2D eigenvalue weighted by atomic mass is 19.1. The maximum atomic E-state index is 13.1. The van der Waals surface area contributed by atoms with E-state index in [1.54, 1.807) is 6.07 Å². The molecule has 0 amide bonds. The third kappa shape index (κ3) is 3.02. The predicted molar refractivity (Wildman–Crippen MR) is 69.6 cm³/mol. The van der Waals surface area contributed by atoms with Gasteiger partial charge >= 0.3 is 0 Å². The summed E-state index contributed by atoms with van der Waals surface area (Å²) in [6.45, 7) is 4.00. The molecule has 6 heteroatoms. The molecule has 0 atom stereocenters. The first-order valence-electron chi connectivity index (χ1n) is 6.54. The van der Waals surface area contributed by atoms with Gasteiger partial charge in [-0.05, 0) is 24.6 Å². The van der Waals surface area contributed by atoms with E-state index in [1.165, 1.54) is 12.1 Å². The average Bonchev–Trinajstić information content (AvgIpc) is 2.82. The first-order chi connectivity index (χ1) is 9.63. The zero-order valence-corrected chi connectivity index (χ0v) is 11.2. The first kappa shape index (κ1) is 13.2. The Bertz CT molecular complexity index is 596. The molecule has 1 saturated heterocycles. The first-order valence-corrected chi connectivity index (χ1v) is 6.54. The normalized spacial score (nSPS) is 16.9. The highest BCUT2D eigenvalue weighted by Crippen LogP contribution is 2.17. The summed E-state index contributed by atoms with van der Waals surface area (Å²) in [6, 6.07) is 6.37. The van der Waals surface area contributed by atoms with Gasteiger partial charge in [-0.15, -0.1) is 0 Å². The number of ether oxygens (including phenoxy) is 1. The number of hydrogen-bond donors (Lipinski definition) is 1. The fourth-order valence-corrected chi connectivity index (χ4v) is 2.07. The molecule has 0 unspecified atom stereocenters. The van der Waals surface area contributed by atoms with E-state index in [4.69, 9.17) is 9.26 Å². The molecule has 1 N–H and O–H groups in total. The van der Waals surface area contributed by atoms with Gasteiger partial charge in [-0.1, -0.05) is 17.3 Å². The molecule has 1 aromatic heterocycles. The van der Waals surface area contributed by atoms with Crippen LogP contribution in [-0.2, 0) is 17.8 Å². The van der Waals surface area contributed by atoms with Crippen LogP contribution in [-0.4, -0.2) is 28.8 Å². The van der Waals surface area contributed by atoms with Crippen molar-refractivity contribution in [2.24, 2.45) is 0 Å². The molecule has 2 heterocycles. The van der Waals surface area contributed by atoms with Gasteiger partial charge in [0.15, 0.2) is 5.82 Å². The summed E-state index contributed by atoms with van der Waals surface area (Å²) in [4.78, 5) is 4.25. The molecule has 1 aromatic carbocycles. The van der Waals surface area contributed by atoms with Gasteiger partial charge in [0, 0.05) is 19.5 Å². The largest absolute Gasteiger partial charge is 0.363 e. The molecule has 1 aliphatic rings. The van der Waals surface area contributed by atoms with Crippen LogP contribution in [0, 0.1) is 5.82 Å². The average molecular weight is 277 g/mol. The fraction of sp³-hybridized carbons (Fsp3) is 0.429. The number of rotatable bonds is 5. The second-order valence-corrected chi connectivity index (χ2v) is 5.25. The van der Waals surface area contributed by atoms with E-state index in [-0.39, 0.29) is 11.4 Å². The van der Waals surface area contributed by atoms with Crippen molar-refractivity contribution < 1.29 is 13.7 Å². The number of hydrogen-bond acceptors (Lipinski definition) is 5. The molecule has 0 radical (unpaired) electrons. The number of nitrogens with one attached hydrogen (secondary N) is 1. The maximum absolute atomic E-state index is 13.1. The Morgan fingerprint density at radius 1 is 1.45 bits per heavy atom. The van der Waals surface area contributed by atoms with Crippen LogP contribution >= 0.6 is 0 Å². The number of benzene rings is 1. The van der Waals surface area contributed by atoms with Gasteiger partial charge in [-0.3, -0.25) is 0 Å². The standard InChI is InChI=1S/C14H16FN3O2/c1-14(8-16-9-14)19-7-13-17-12(18-20-13)6-10-3-2-4-11(15)5-10/h2-5,16H,6-9H2,1H3. The van der Waals surface area contributed by atoms with Crippen LogP contribution in [0.1, 0.15) is 24.2 Å². The molecule has 5 nitrogen and oxygen atoms in total. The molecule has 3 rings (SSSR count). The Labute approximate surface area is 116 Å². The second-order valence-electron chi connectivity index (χ2n) is 5.25. The molecular weight excluding hydrogens is 261 g/mol. The summed E-state index contributed by atoms with van der Waals surface area (Å²) in [7, 11) is 0. The lowest BCUT2D eigenvalue weighted by atomic mass is 10.0.